The van der Waals surface area contributed by atoms with Gasteiger partial charge in [-0.2, -0.15) is 0 Å². The van der Waals surface area contributed by atoms with E-state index in [1.165, 1.54) is 26.7 Å². The van der Waals surface area contributed by atoms with E-state index < -0.39 is 51.9 Å². The highest BCUT2D eigenvalue weighted by atomic mass is 16.6. The lowest BCUT2D eigenvalue weighted by Gasteiger charge is -2.63. The van der Waals surface area contributed by atoms with E-state index in [2.05, 4.69) is 39.9 Å². The molecule has 3 aromatic rings. The summed E-state index contributed by atoms with van der Waals surface area (Å²) in [4.78, 5) is 53.2. The highest BCUT2D eigenvalue weighted by Crippen LogP contribution is 2.68. The maximum Gasteiger partial charge on any atom is 0.344 e. The van der Waals surface area contributed by atoms with Crippen LogP contribution in [0.5, 0.6) is 11.5 Å². The number of aromatic amines is 1. The van der Waals surface area contributed by atoms with Gasteiger partial charge in [-0.25, -0.2) is 4.79 Å². The number of likely N-dealkylation sites (N-methyl/N-ethyl adjacent to an activating group) is 1. The number of anilines is 1. The van der Waals surface area contributed by atoms with Gasteiger partial charge in [0.05, 0.1) is 27.4 Å². The van der Waals surface area contributed by atoms with Crippen molar-refractivity contribution in [3.05, 3.63) is 76.5 Å². The van der Waals surface area contributed by atoms with E-state index in [1.807, 2.05) is 37.1 Å². The Balaban J connectivity index is 1.38. The van der Waals surface area contributed by atoms with E-state index in [9.17, 15) is 19.8 Å². The lowest BCUT2D eigenvalue weighted by atomic mass is 9.47. The fourth-order valence-corrected chi connectivity index (χ4v) is 13.1. The molecule has 13 heteroatoms. The third kappa shape index (κ3) is 5.16. The van der Waals surface area contributed by atoms with Crippen LogP contribution in [-0.4, -0.2) is 128 Å². The van der Waals surface area contributed by atoms with Gasteiger partial charge in [-0.15, -0.1) is 0 Å². The molecule has 1 spiro atoms. The lowest BCUT2D eigenvalue weighted by Crippen LogP contribution is -2.81. The minimum atomic E-state index is -2.30. The van der Waals surface area contributed by atoms with Crippen molar-refractivity contribution in [2.75, 3.05) is 66.0 Å². The van der Waals surface area contributed by atoms with Gasteiger partial charge in [0.25, 0.3) is 0 Å². The predicted octanol–water partition coefficient (Wildman–Crippen LogP) is 4.50. The average molecular weight is 809 g/mol. The van der Waals surface area contributed by atoms with Gasteiger partial charge < -0.3 is 39.0 Å². The fraction of sp³-hybridized carbons (Fsp3) is 0.543. The number of nitrogens with one attached hydrogen (secondary N) is 1. The van der Waals surface area contributed by atoms with Crippen molar-refractivity contribution in [3.63, 3.8) is 0 Å². The van der Waals surface area contributed by atoms with E-state index in [0.717, 1.165) is 53.8 Å². The van der Waals surface area contributed by atoms with Gasteiger partial charge >= 0.3 is 17.9 Å². The lowest BCUT2D eigenvalue weighted by molar-refractivity contribution is -0.228. The van der Waals surface area contributed by atoms with Crippen molar-refractivity contribution < 1.29 is 43.5 Å². The van der Waals surface area contributed by atoms with E-state index in [4.69, 9.17) is 18.9 Å². The van der Waals surface area contributed by atoms with Gasteiger partial charge in [0, 0.05) is 90.9 Å². The van der Waals surface area contributed by atoms with Crippen LogP contribution in [0.25, 0.3) is 10.9 Å². The van der Waals surface area contributed by atoms with Crippen LogP contribution >= 0.6 is 0 Å². The molecule has 5 aliphatic heterocycles. The molecule has 0 amide bonds. The molecule has 9 rings (SSSR count). The zero-order valence-electron chi connectivity index (χ0n) is 35.1. The number of phenolic OH excluding ortho intramolecular Hbond substituents is 1. The van der Waals surface area contributed by atoms with Crippen molar-refractivity contribution in [2.24, 2.45) is 11.3 Å². The molecule has 2 aromatic carbocycles. The number of benzene rings is 2. The maximum atomic E-state index is 15.3. The molecule has 1 unspecified atom stereocenters. The van der Waals surface area contributed by atoms with Gasteiger partial charge in [0.1, 0.15) is 16.9 Å². The Morgan fingerprint density at radius 2 is 1.78 bits per heavy atom. The molecule has 2 bridgehead atoms. The number of hydrogen-bond donors (Lipinski definition) is 3. The van der Waals surface area contributed by atoms with Crippen LogP contribution in [-0.2, 0) is 45.8 Å². The fourth-order valence-electron chi connectivity index (χ4n) is 13.1. The molecule has 2 fully saturated rings. The number of H-pyrrole nitrogens is 1. The number of aromatic hydroxyl groups is 1. The van der Waals surface area contributed by atoms with Crippen molar-refractivity contribution in [1.29, 1.82) is 0 Å². The van der Waals surface area contributed by atoms with E-state index in [0.29, 0.717) is 55.8 Å². The van der Waals surface area contributed by atoms with Crippen molar-refractivity contribution >= 4 is 34.5 Å². The quantitative estimate of drug-likeness (QED) is 0.175. The summed E-state index contributed by atoms with van der Waals surface area (Å²) < 4.78 is 23.9. The number of aromatic nitrogens is 1. The molecule has 1 saturated heterocycles. The second-order valence-corrected chi connectivity index (χ2v) is 17.7. The number of methoxy groups -OCH3 is 3. The topological polar surface area (TPSA) is 154 Å². The molecule has 1 saturated carbocycles. The van der Waals surface area contributed by atoms with Crippen molar-refractivity contribution in [3.8, 4) is 11.5 Å². The number of ether oxygens (including phenoxy) is 4. The van der Waals surface area contributed by atoms with E-state index in [1.54, 1.807) is 19.2 Å². The molecule has 13 nitrogen and oxygen atoms in total. The number of fused-ring (bicyclic) bond motifs is 6. The third-order valence-electron chi connectivity index (χ3n) is 15.1. The molecular formula is C46H56N4O9. The standard InChI is InChI=1S/C46H56N4O9/c1-8-27-19-28-23-45(41(53)57-6,37-30(13-17-49(24-27)25-28)31-20-29(52)11-12-34(31)47-37)33-21-32-35(22-36(33)56-5)48(4)39-44(32)15-18-50-16-10-14-43(9-2,38(44)50)40(59-26(3)51)46(39,55)42(54)58-7/h10-12,14,19-22,28,38-40,47,52,55H,8-9,13,15-18,23-25H2,1-7H3/t28-,38+,39-,40-,43-,44-,45+,46+/m1/s1. The molecule has 314 valence electrons. The summed E-state index contributed by atoms with van der Waals surface area (Å²) in [5, 5.41) is 25.0. The normalized spacial score (nSPS) is 34.3. The molecule has 1 aliphatic carbocycles. The first-order valence-corrected chi connectivity index (χ1v) is 21.0. The Labute approximate surface area is 344 Å². The molecule has 0 radical (unpaired) electrons. The van der Waals surface area contributed by atoms with Crippen LogP contribution in [0.1, 0.15) is 68.8 Å². The molecule has 1 aromatic heterocycles. The van der Waals surface area contributed by atoms with Crippen molar-refractivity contribution in [2.45, 2.75) is 87.5 Å². The summed E-state index contributed by atoms with van der Waals surface area (Å²) in [6.07, 6.45) is 8.08. The van der Waals surface area contributed by atoms with Gasteiger partial charge in [-0.1, -0.05) is 37.6 Å². The second-order valence-electron chi connectivity index (χ2n) is 17.7. The first-order valence-electron chi connectivity index (χ1n) is 21.0. The number of carbonyl (C=O) groups excluding carboxylic acids is 3. The molecule has 6 aliphatic rings. The van der Waals surface area contributed by atoms with E-state index in [-0.39, 0.29) is 17.7 Å². The van der Waals surface area contributed by atoms with Crippen LogP contribution in [0.15, 0.2) is 54.1 Å². The summed E-state index contributed by atoms with van der Waals surface area (Å²) in [5.74, 6) is -1.37. The number of carbonyl (C=O) groups is 3. The molecular weight excluding hydrogens is 753 g/mol. The monoisotopic (exact) mass is 808 g/mol. The minimum Gasteiger partial charge on any atom is -0.508 e. The van der Waals surface area contributed by atoms with Crippen LogP contribution in [0, 0.1) is 11.3 Å². The molecule has 9 atom stereocenters. The highest BCUT2D eigenvalue weighted by Gasteiger charge is 2.80. The average Bonchev–Trinajstić information content (AvgIpc) is 3.89. The van der Waals surface area contributed by atoms with Gasteiger partial charge in [0.2, 0.25) is 5.60 Å². The minimum absolute atomic E-state index is 0.0307. The number of hydrogen-bond acceptors (Lipinski definition) is 12. The smallest absolute Gasteiger partial charge is 0.344 e. The molecule has 6 heterocycles. The van der Waals surface area contributed by atoms with Crippen LogP contribution < -0.4 is 9.64 Å². The Morgan fingerprint density at radius 3 is 2.47 bits per heavy atom. The number of esters is 3. The van der Waals surface area contributed by atoms with Crippen LogP contribution in [0.4, 0.5) is 5.69 Å². The number of rotatable bonds is 7. The van der Waals surface area contributed by atoms with Gasteiger partial charge in [-0.05, 0) is 80.0 Å². The third-order valence-corrected chi connectivity index (χ3v) is 15.1. The molecule has 3 N–H and O–H groups in total. The van der Waals surface area contributed by atoms with Gasteiger partial charge in [0.15, 0.2) is 6.10 Å². The summed E-state index contributed by atoms with van der Waals surface area (Å²) in [6.45, 7) is 9.16. The zero-order valence-corrected chi connectivity index (χ0v) is 35.1. The predicted molar refractivity (Wildman–Crippen MR) is 221 cm³/mol. The summed E-state index contributed by atoms with van der Waals surface area (Å²) in [6, 6.07) is 8.08. The second kappa shape index (κ2) is 13.9. The SMILES string of the molecule is CCC1=C[C@H]2CN(CCc3c([nH]c4ccc(O)cc34)[C@@](C(=O)OC)(c3cc4c(cc3OC)N(C)[C@H]3[C@@](O)(C(=O)OC)[C@H](OC(C)=O)[C@]5(CC)C=CCN6CC[C@]43[C@@H]65)C2)C1. The number of nitrogens with zero attached hydrogens (tertiary/aromatic N) is 3. The summed E-state index contributed by atoms with van der Waals surface area (Å²) in [7, 11) is 6.14. The first kappa shape index (κ1) is 39.6. The Hall–Kier alpha value is -4.85. The number of aliphatic hydroxyl groups is 1. The first-order chi connectivity index (χ1) is 28.3. The molecule has 59 heavy (non-hydrogen) atoms. The maximum absolute atomic E-state index is 15.3. The Bertz CT molecular complexity index is 2320. The largest absolute Gasteiger partial charge is 0.508 e. The highest BCUT2D eigenvalue weighted by molar-refractivity contribution is 5.95. The number of phenols is 1. The Kier molecular flexibility index (Phi) is 9.30. The summed E-state index contributed by atoms with van der Waals surface area (Å²) in [5.41, 5.74) is 0.344. The zero-order chi connectivity index (χ0) is 41.8. The van der Waals surface area contributed by atoms with Crippen molar-refractivity contribution in [1.82, 2.24) is 14.8 Å². The Morgan fingerprint density at radius 1 is 1.00 bits per heavy atom. The van der Waals surface area contributed by atoms with Crippen LogP contribution in [0.2, 0.25) is 0 Å². The van der Waals surface area contributed by atoms with Gasteiger partial charge in [-0.3, -0.25) is 19.4 Å². The van der Waals surface area contributed by atoms with Crippen LogP contribution in [0.3, 0.4) is 0 Å². The van der Waals surface area contributed by atoms with E-state index >= 15 is 4.79 Å². The summed E-state index contributed by atoms with van der Waals surface area (Å²) >= 11 is 0.